The smallest absolute Gasteiger partial charge is 0.502 e. The Morgan fingerprint density at radius 2 is 1.58 bits per heavy atom. The highest BCUT2D eigenvalue weighted by Crippen LogP contribution is 2.43. The van der Waals surface area contributed by atoms with E-state index in [9.17, 15) is 23.1 Å². The van der Waals surface area contributed by atoms with Crippen molar-refractivity contribution in [1.29, 1.82) is 0 Å². The van der Waals surface area contributed by atoms with E-state index in [0.717, 1.165) is 0 Å². The molecule has 36 heavy (non-hydrogen) atoms. The van der Waals surface area contributed by atoms with Crippen LogP contribution >= 0.6 is 0 Å². The van der Waals surface area contributed by atoms with E-state index >= 15 is 0 Å². The molecule has 198 valence electrons. The topological polar surface area (TPSA) is 155 Å². The molecule has 0 bridgehead atoms. The van der Waals surface area contributed by atoms with Crippen LogP contribution in [-0.2, 0) is 4.89 Å². The van der Waals surface area contributed by atoms with E-state index in [1.54, 1.807) is 24.3 Å². The average Bonchev–Trinajstić information content (AvgIpc) is 3.25. The van der Waals surface area contributed by atoms with Gasteiger partial charge in [-0.15, -0.1) is 18.1 Å². The molecule has 14 heteroatoms. The van der Waals surface area contributed by atoms with Gasteiger partial charge < -0.3 is 39.5 Å². The molecule has 5 N–H and O–H groups in total. The van der Waals surface area contributed by atoms with Crippen molar-refractivity contribution < 1.29 is 56.6 Å². The molecule has 3 aromatic rings. The van der Waals surface area contributed by atoms with Crippen LogP contribution in [0.1, 0.15) is 15.9 Å². The third kappa shape index (κ3) is 6.21. The van der Waals surface area contributed by atoms with Crippen molar-refractivity contribution in [3.8, 4) is 28.7 Å². The Kier molecular flexibility index (Phi) is 9.60. The number of hydrogen-bond acceptors (Lipinski definition) is 11. The molecular weight excluding hydrogens is 493 g/mol. The number of ether oxygens (including phenoxy) is 4. The van der Waals surface area contributed by atoms with Gasteiger partial charge in [0.15, 0.2) is 28.6 Å². The van der Waals surface area contributed by atoms with Gasteiger partial charge >= 0.3 is 6.36 Å². The Hall–Kier alpha value is -3.88. The first-order chi connectivity index (χ1) is 17.1. The molecule has 0 aliphatic carbocycles. The van der Waals surface area contributed by atoms with Crippen molar-refractivity contribution in [1.82, 2.24) is 0 Å². The van der Waals surface area contributed by atoms with Gasteiger partial charge in [0.1, 0.15) is 0 Å². The molecular formula is C22H25F3N2O9. The SMILES string of the molecule is COc1cc(C(=O)c2c(NCCN)oc3c(O)c(OC)ccc23)cc(OC)c1OC.OOC(F)(F)F. The van der Waals surface area contributed by atoms with Crippen molar-refractivity contribution >= 4 is 22.6 Å². The second-order valence-electron chi connectivity index (χ2n) is 6.79. The predicted octanol–water partition coefficient (Wildman–Crippen LogP) is 3.77. The second-order valence-corrected chi connectivity index (χ2v) is 6.79. The van der Waals surface area contributed by atoms with Crippen LogP contribution in [0.4, 0.5) is 19.1 Å². The molecule has 0 radical (unpaired) electrons. The lowest BCUT2D eigenvalue weighted by Crippen LogP contribution is -2.14. The zero-order chi connectivity index (χ0) is 27.0. The van der Waals surface area contributed by atoms with Crippen molar-refractivity contribution in [2.75, 3.05) is 46.8 Å². The molecule has 0 fully saturated rings. The van der Waals surface area contributed by atoms with Gasteiger partial charge in [0.25, 0.3) is 0 Å². The number of rotatable bonds is 9. The zero-order valence-electron chi connectivity index (χ0n) is 19.7. The first-order valence-corrected chi connectivity index (χ1v) is 10.1. The number of alkyl halides is 3. The van der Waals surface area contributed by atoms with Crippen LogP contribution in [0.15, 0.2) is 28.7 Å². The number of fused-ring (bicyclic) bond motifs is 1. The Morgan fingerprint density at radius 1 is 1.03 bits per heavy atom. The molecule has 3 rings (SSSR count). The summed E-state index contributed by atoms with van der Waals surface area (Å²) in [6.07, 6.45) is -4.90. The maximum atomic E-state index is 13.5. The highest BCUT2D eigenvalue weighted by molar-refractivity contribution is 6.20. The highest BCUT2D eigenvalue weighted by Gasteiger charge is 2.29. The number of benzene rings is 2. The minimum Gasteiger partial charge on any atom is -0.502 e. The fraction of sp³-hybridized carbons (Fsp3) is 0.318. The third-order valence-electron chi connectivity index (χ3n) is 4.70. The predicted molar refractivity (Wildman–Crippen MR) is 121 cm³/mol. The number of phenolic OH excluding ortho intramolecular Hbond substituents is 1. The van der Waals surface area contributed by atoms with Crippen LogP contribution in [0.25, 0.3) is 11.0 Å². The number of halogens is 3. The van der Waals surface area contributed by atoms with E-state index in [1.807, 2.05) is 4.89 Å². The molecule has 1 heterocycles. The second kappa shape index (κ2) is 12.2. The van der Waals surface area contributed by atoms with Gasteiger partial charge in [-0.05, 0) is 24.3 Å². The number of furan rings is 1. The van der Waals surface area contributed by atoms with E-state index in [1.165, 1.54) is 28.4 Å². The van der Waals surface area contributed by atoms with E-state index in [4.69, 9.17) is 34.4 Å². The molecule has 0 unspecified atom stereocenters. The van der Waals surface area contributed by atoms with Gasteiger partial charge in [0, 0.05) is 24.0 Å². The number of nitrogens with two attached hydrogens (primary N) is 1. The molecule has 0 amide bonds. The fourth-order valence-electron chi connectivity index (χ4n) is 3.19. The molecule has 2 aromatic carbocycles. The first-order valence-electron chi connectivity index (χ1n) is 10.1. The summed E-state index contributed by atoms with van der Waals surface area (Å²) in [5.74, 6) is 0.915. The number of anilines is 1. The molecule has 0 spiro atoms. The van der Waals surface area contributed by atoms with Gasteiger partial charge in [0.2, 0.25) is 17.4 Å². The number of phenols is 1. The van der Waals surface area contributed by atoms with Crippen LogP contribution in [0.3, 0.4) is 0 Å². The van der Waals surface area contributed by atoms with Crippen LogP contribution < -0.4 is 30.0 Å². The van der Waals surface area contributed by atoms with Gasteiger partial charge in [-0.25, -0.2) is 5.26 Å². The Morgan fingerprint density at radius 3 is 2.03 bits per heavy atom. The van der Waals surface area contributed by atoms with Crippen molar-refractivity contribution in [2.45, 2.75) is 6.36 Å². The standard InChI is InChI=1S/C21H24N2O7.CHF3O2/c1-26-13-6-5-12-16(21(23-8-7-22)30-19(12)18(13)25)17(24)11-9-14(27-2)20(29-4)15(10-11)28-3;2-1(3,4)6-5/h5-6,9-10,23,25H,7-8,22H2,1-4H3;5H. The van der Waals surface area contributed by atoms with E-state index in [0.29, 0.717) is 41.3 Å². The van der Waals surface area contributed by atoms with Gasteiger partial charge in [-0.3, -0.25) is 4.79 Å². The minimum atomic E-state index is -4.90. The molecule has 1 aromatic heterocycles. The highest BCUT2D eigenvalue weighted by atomic mass is 19.4. The number of methoxy groups -OCH3 is 4. The Bertz CT molecular complexity index is 1170. The van der Waals surface area contributed by atoms with Crippen LogP contribution in [0.2, 0.25) is 0 Å². The normalized spacial score (nSPS) is 10.9. The molecule has 11 nitrogen and oxygen atoms in total. The Balaban J connectivity index is 0.000000678. The largest absolute Gasteiger partial charge is 0.549 e. The van der Waals surface area contributed by atoms with E-state index in [-0.39, 0.29) is 34.3 Å². The average molecular weight is 518 g/mol. The fourth-order valence-corrected chi connectivity index (χ4v) is 3.19. The molecule has 0 atom stereocenters. The lowest BCUT2D eigenvalue weighted by atomic mass is 10.0. The third-order valence-corrected chi connectivity index (χ3v) is 4.70. The summed E-state index contributed by atoms with van der Waals surface area (Å²) in [5.41, 5.74) is 6.25. The van der Waals surface area contributed by atoms with Crippen molar-refractivity contribution in [3.63, 3.8) is 0 Å². The Labute approximate surface area is 203 Å². The maximum Gasteiger partial charge on any atom is 0.549 e. The first kappa shape index (κ1) is 28.4. The maximum absolute atomic E-state index is 13.5. The van der Waals surface area contributed by atoms with Gasteiger partial charge in [-0.2, -0.15) is 0 Å². The van der Waals surface area contributed by atoms with Crippen LogP contribution in [0.5, 0.6) is 28.7 Å². The number of ketones is 1. The molecule has 0 saturated heterocycles. The van der Waals surface area contributed by atoms with Crippen LogP contribution in [0, 0.1) is 0 Å². The van der Waals surface area contributed by atoms with Gasteiger partial charge in [-0.1, -0.05) is 0 Å². The van der Waals surface area contributed by atoms with Gasteiger partial charge in [0.05, 0.1) is 34.0 Å². The molecule has 0 saturated carbocycles. The van der Waals surface area contributed by atoms with Crippen LogP contribution in [-0.4, -0.2) is 64.0 Å². The zero-order valence-corrected chi connectivity index (χ0v) is 19.7. The lowest BCUT2D eigenvalue weighted by Gasteiger charge is -2.14. The summed E-state index contributed by atoms with van der Waals surface area (Å²) in [7, 11) is 5.85. The summed E-state index contributed by atoms with van der Waals surface area (Å²) >= 11 is 0. The van der Waals surface area contributed by atoms with E-state index in [2.05, 4.69) is 5.32 Å². The molecule has 0 aliphatic heterocycles. The van der Waals surface area contributed by atoms with E-state index < -0.39 is 6.36 Å². The summed E-state index contributed by atoms with van der Waals surface area (Å²) in [6.45, 7) is 0.692. The quantitative estimate of drug-likeness (QED) is 0.186. The number of carbonyl (C=O) groups is 1. The number of carbonyl (C=O) groups excluding carboxylic acids is 1. The van der Waals surface area contributed by atoms with Crippen molar-refractivity contribution in [3.05, 3.63) is 35.4 Å². The summed E-state index contributed by atoms with van der Waals surface area (Å²) in [5, 5.41) is 20.7. The number of aromatic hydroxyl groups is 1. The van der Waals surface area contributed by atoms with Crippen molar-refractivity contribution in [2.24, 2.45) is 5.73 Å². The summed E-state index contributed by atoms with van der Waals surface area (Å²) in [4.78, 5) is 15.4. The summed E-state index contributed by atoms with van der Waals surface area (Å²) in [6, 6.07) is 6.32. The molecule has 0 aliphatic rings. The number of hydrogen-bond donors (Lipinski definition) is 4. The monoisotopic (exact) mass is 518 g/mol. The number of nitrogens with one attached hydrogen (secondary N) is 1. The minimum absolute atomic E-state index is 0.129. The summed E-state index contributed by atoms with van der Waals surface area (Å²) < 4.78 is 57.9. The lowest BCUT2D eigenvalue weighted by molar-refractivity contribution is -0.464.